The molecule has 1 saturated heterocycles. The van der Waals surface area contributed by atoms with E-state index >= 15 is 0 Å². The summed E-state index contributed by atoms with van der Waals surface area (Å²) in [6.45, 7) is 8.04. The van der Waals surface area contributed by atoms with Crippen molar-refractivity contribution in [2.24, 2.45) is 16.0 Å². The first-order valence-electron chi connectivity index (χ1n) is 10.9. The van der Waals surface area contributed by atoms with Gasteiger partial charge in [-0.15, -0.1) is 4.91 Å². The molecule has 1 aromatic carbocycles. The summed E-state index contributed by atoms with van der Waals surface area (Å²) in [5.74, 6) is -6.03. The molecule has 1 heterocycles. The molecular formula is C23H32F2N4O5. The van der Waals surface area contributed by atoms with Crippen LogP contribution < -0.4 is 10.6 Å². The Morgan fingerprint density at radius 3 is 2.41 bits per heavy atom. The van der Waals surface area contributed by atoms with Crippen LogP contribution >= 0.6 is 0 Å². The number of alkyl halides is 2. The Kier molecular flexibility index (Phi) is 7.69. The minimum atomic E-state index is -3.40. The highest BCUT2D eigenvalue weighted by Gasteiger charge is 2.64. The number of likely N-dealkylation sites (tertiary alicyclic amines) is 1. The molecule has 1 aromatic rings. The average Bonchev–Trinajstić information content (AvgIpc) is 2.92. The van der Waals surface area contributed by atoms with Gasteiger partial charge in [0.15, 0.2) is 6.04 Å². The van der Waals surface area contributed by atoms with E-state index in [0.29, 0.717) is 10.5 Å². The number of amides is 3. The molecule has 1 aliphatic heterocycles. The number of benzene rings is 1. The van der Waals surface area contributed by atoms with Crippen molar-refractivity contribution < 1.29 is 28.3 Å². The average molecular weight is 483 g/mol. The van der Waals surface area contributed by atoms with Crippen molar-refractivity contribution in [3.05, 3.63) is 34.2 Å². The molecule has 0 aromatic heterocycles. The summed E-state index contributed by atoms with van der Waals surface area (Å²) < 4.78 is 29.7. The zero-order chi connectivity index (χ0) is 26.1. The number of nitroso groups, excluding NO2 is 1. The van der Waals surface area contributed by atoms with Crippen LogP contribution in [-0.2, 0) is 9.59 Å². The Hall–Kier alpha value is -3.11. The molecule has 0 aliphatic carbocycles. The van der Waals surface area contributed by atoms with Crippen LogP contribution in [-0.4, -0.2) is 65.4 Å². The van der Waals surface area contributed by atoms with Crippen LogP contribution in [0, 0.1) is 22.7 Å². The van der Waals surface area contributed by atoms with Gasteiger partial charge >= 0.3 is 0 Å². The minimum absolute atomic E-state index is 0.112. The van der Waals surface area contributed by atoms with Gasteiger partial charge in [0.1, 0.15) is 11.8 Å². The highest BCUT2D eigenvalue weighted by Crippen LogP contribution is 2.48. The molecule has 9 nitrogen and oxygen atoms in total. The van der Waals surface area contributed by atoms with Crippen LogP contribution in [0.15, 0.2) is 23.4 Å². The van der Waals surface area contributed by atoms with Crippen molar-refractivity contribution in [3.63, 3.8) is 0 Å². The Labute approximate surface area is 197 Å². The number of phenols is 1. The van der Waals surface area contributed by atoms with Gasteiger partial charge in [0, 0.05) is 17.7 Å². The topological polar surface area (TPSA) is 128 Å². The fourth-order valence-electron chi connectivity index (χ4n) is 3.74. The van der Waals surface area contributed by atoms with Gasteiger partial charge in [-0.1, -0.05) is 45.9 Å². The quantitative estimate of drug-likeness (QED) is 0.515. The van der Waals surface area contributed by atoms with Crippen molar-refractivity contribution in [1.29, 1.82) is 0 Å². The largest absolute Gasteiger partial charge is 0.508 e. The van der Waals surface area contributed by atoms with Crippen LogP contribution in [0.5, 0.6) is 5.75 Å². The molecule has 0 radical (unpaired) electrons. The third-order valence-electron chi connectivity index (χ3n) is 6.05. The standard InChI is InChI=1S/C23H32F2N4O5/c1-13-14(8-7-9-16(13)30)18(31)26-10-15(28-34)20(33)29-12-23(24,25)22(5,6)17(29)19(32)27-11-21(2,3)4/h7-9,15,17,30H,10-12H2,1-6H3,(H,26,31)(H,27,32)/t15-,17+/m0/s1. The van der Waals surface area contributed by atoms with Gasteiger partial charge in [0.2, 0.25) is 5.91 Å². The molecule has 2 atom stereocenters. The van der Waals surface area contributed by atoms with Crippen LogP contribution in [0.25, 0.3) is 0 Å². The second kappa shape index (κ2) is 9.63. The smallest absolute Gasteiger partial charge is 0.272 e. The summed E-state index contributed by atoms with van der Waals surface area (Å²) in [5, 5.41) is 17.5. The molecule has 0 unspecified atom stereocenters. The zero-order valence-corrected chi connectivity index (χ0v) is 20.2. The number of carbonyl (C=O) groups excluding carboxylic acids is 3. The molecule has 34 heavy (non-hydrogen) atoms. The number of nitrogens with zero attached hydrogens (tertiary/aromatic N) is 2. The summed E-state index contributed by atoms with van der Waals surface area (Å²) in [7, 11) is 0. The normalized spacial score (nSPS) is 19.9. The first kappa shape index (κ1) is 27.1. The maximum atomic E-state index is 14.8. The maximum Gasteiger partial charge on any atom is 0.272 e. The number of carbonyl (C=O) groups is 3. The number of rotatable bonds is 7. The fraction of sp³-hybridized carbons (Fsp3) is 0.609. The van der Waals surface area contributed by atoms with E-state index in [2.05, 4.69) is 15.8 Å². The monoisotopic (exact) mass is 482 g/mol. The third-order valence-corrected chi connectivity index (χ3v) is 6.05. The molecule has 1 aliphatic rings. The van der Waals surface area contributed by atoms with Gasteiger partial charge in [-0.05, 0) is 24.5 Å². The molecule has 3 N–H and O–H groups in total. The predicted octanol–water partition coefficient (Wildman–Crippen LogP) is 2.60. The van der Waals surface area contributed by atoms with Crippen molar-refractivity contribution in [1.82, 2.24) is 15.5 Å². The summed E-state index contributed by atoms with van der Waals surface area (Å²) in [5.41, 5.74) is -1.82. The summed E-state index contributed by atoms with van der Waals surface area (Å²) in [6, 6.07) is 1.03. The number of halogens is 2. The van der Waals surface area contributed by atoms with Crippen molar-refractivity contribution in [3.8, 4) is 5.75 Å². The van der Waals surface area contributed by atoms with Crippen LogP contribution in [0.1, 0.15) is 50.5 Å². The molecule has 0 saturated carbocycles. The SMILES string of the molecule is Cc1c(O)cccc1C(=O)NC[C@H](N=O)C(=O)N1CC(F)(F)C(C)(C)[C@H]1C(=O)NCC(C)(C)C. The molecular weight excluding hydrogens is 450 g/mol. The van der Waals surface area contributed by atoms with E-state index in [-0.39, 0.29) is 23.3 Å². The van der Waals surface area contributed by atoms with Gasteiger partial charge in [-0.25, -0.2) is 8.78 Å². The fourth-order valence-corrected chi connectivity index (χ4v) is 3.74. The Bertz CT molecular complexity index is 975. The lowest BCUT2D eigenvalue weighted by molar-refractivity contribution is -0.142. The van der Waals surface area contributed by atoms with E-state index in [1.54, 1.807) is 0 Å². The van der Waals surface area contributed by atoms with Crippen molar-refractivity contribution >= 4 is 17.7 Å². The highest BCUT2D eigenvalue weighted by atomic mass is 19.3. The lowest BCUT2D eigenvalue weighted by Crippen LogP contribution is -2.55. The molecule has 1 fully saturated rings. The molecule has 3 amide bonds. The lowest BCUT2D eigenvalue weighted by Gasteiger charge is -2.33. The van der Waals surface area contributed by atoms with E-state index in [1.165, 1.54) is 39.0 Å². The van der Waals surface area contributed by atoms with Crippen LogP contribution in [0.4, 0.5) is 8.78 Å². The second-order valence-electron chi connectivity index (χ2n) is 10.4. The zero-order valence-electron chi connectivity index (χ0n) is 20.2. The van der Waals surface area contributed by atoms with Gasteiger partial charge in [-0.3, -0.25) is 14.4 Å². The Morgan fingerprint density at radius 1 is 1.24 bits per heavy atom. The minimum Gasteiger partial charge on any atom is -0.508 e. The van der Waals surface area contributed by atoms with E-state index in [1.807, 2.05) is 20.8 Å². The maximum absolute atomic E-state index is 14.8. The molecule has 11 heteroatoms. The third kappa shape index (κ3) is 5.51. The summed E-state index contributed by atoms with van der Waals surface area (Å²) >= 11 is 0. The predicted molar refractivity (Wildman–Crippen MR) is 121 cm³/mol. The van der Waals surface area contributed by atoms with Crippen LogP contribution in [0.3, 0.4) is 0 Å². The first-order chi connectivity index (χ1) is 15.5. The number of hydrogen-bond acceptors (Lipinski definition) is 6. The number of phenolic OH excluding ortho intramolecular Hbond substituents is 1. The summed E-state index contributed by atoms with van der Waals surface area (Å²) in [4.78, 5) is 50.6. The van der Waals surface area contributed by atoms with E-state index in [4.69, 9.17) is 0 Å². The van der Waals surface area contributed by atoms with Crippen LogP contribution in [0.2, 0.25) is 0 Å². The van der Waals surface area contributed by atoms with Gasteiger partial charge < -0.3 is 20.6 Å². The highest BCUT2D eigenvalue weighted by molar-refractivity contribution is 5.97. The van der Waals surface area contributed by atoms with Crippen molar-refractivity contribution in [2.45, 2.75) is 59.5 Å². The first-order valence-corrected chi connectivity index (χ1v) is 10.9. The van der Waals surface area contributed by atoms with Gasteiger partial charge in [0.05, 0.1) is 18.5 Å². The molecule has 2 rings (SSSR count). The lowest BCUT2D eigenvalue weighted by atomic mass is 9.81. The Morgan fingerprint density at radius 2 is 1.85 bits per heavy atom. The van der Waals surface area contributed by atoms with E-state index < -0.39 is 54.2 Å². The van der Waals surface area contributed by atoms with E-state index in [9.17, 15) is 33.2 Å². The van der Waals surface area contributed by atoms with E-state index in [0.717, 1.165) is 0 Å². The number of nitrogens with one attached hydrogen (secondary N) is 2. The van der Waals surface area contributed by atoms with Gasteiger partial charge in [-0.2, -0.15) is 0 Å². The molecule has 0 spiro atoms. The number of hydrogen-bond donors (Lipinski definition) is 3. The summed E-state index contributed by atoms with van der Waals surface area (Å²) in [6.07, 6.45) is 0. The number of aromatic hydroxyl groups is 1. The molecule has 0 bridgehead atoms. The second-order valence-corrected chi connectivity index (χ2v) is 10.4. The molecule has 188 valence electrons. The Balaban J connectivity index is 2.23. The van der Waals surface area contributed by atoms with Gasteiger partial charge in [0.25, 0.3) is 17.7 Å². The van der Waals surface area contributed by atoms with Crippen molar-refractivity contribution in [2.75, 3.05) is 19.6 Å².